The van der Waals surface area contributed by atoms with E-state index in [9.17, 15) is 0 Å². The lowest BCUT2D eigenvalue weighted by Crippen LogP contribution is -2.22. The maximum Gasteiger partial charge on any atom is 0.119 e. The summed E-state index contributed by atoms with van der Waals surface area (Å²) in [6.07, 6.45) is 3.59. The van der Waals surface area contributed by atoms with E-state index in [0.29, 0.717) is 6.04 Å². The van der Waals surface area contributed by atoms with E-state index in [1.165, 1.54) is 18.4 Å². The molecule has 0 atom stereocenters. The first kappa shape index (κ1) is 15.5. The summed E-state index contributed by atoms with van der Waals surface area (Å²) in [5.41, 5.74) is 1.25. The molecular formula is C15H24BrNO. The van der Waals surface area contributed by atoms with Crippen LogP contribution in [0.2, 0.25) is 0 Å². The number of ether oxygens (including phenoxy) is 1. The Labute approximate surface area is 119 Å². The van der Waals surface area contributed by atoms with Gasteiger partial charge in [-0.2, -0.15) is 0 Å². The zero-order valence-corrected chi connectivity index (χ0v) is 13.2. The molecule has 0 aliphatic rings. The van der Waals surface area contributed by atoms with Gasteiger partial charge in [0.1, 0.15) is 5.75 Å². The van der Waals surface area contributed by atoms with Crippen LogP contribution in [0.3, 0.4) is 0 Å². The molecule has 0 heterocycles. The highest BCUT2D eigenvalue weighted by Gasteiger charge is 2.03. The van der Waals surface area contributed by atoms with Crippen molar-refractivity contribution in [3.05, 3.63) is 28.2 Å². The quantitative estimate of drug-likeness (QED) is 0.713. The Morgan fingerprint density at radius 1 is 1.28 bits per heavy atom. The highest BCUT2D eigenvalue weighted by molar-refractivity contribution is 9.10. The Morgan fingerprint density at radius 2 is 2.06 bits per heavy atom. The summed E-state index contributed by atoms with van der Waals surface area (Å²) in [4.78, 5) is 0. The summed E-state index contributed by atoms with van der Waals surface area (Å²) in [5.74, 6) is 0.967. The molecule has 0 spiro atoms. The van der Waals surface area contributed by atoms with Crippen LogP contribution in [-0.4, -0.2) is 12.6 Å². The molecule has 1 aromatic carbocycles. The first-order valence-corrected chi connectivity index (χ1v) is 7.57. The number of rotatable bonds is 8. The molecule has 0 radical (unpaired) electrons. The van der Waals surface area contributed by atoms with Crippen molar-refractivity contribution in [2.75, 3.05) is 6.61 Å². The van der Waals surface area contributed by atoms with Gasteiger partial charge in [0.25, 0.3) is 0 Å². The van der Waals surface area contributed by atoms with Crippen LogP contribution >= 0.6 is 15.9 Å². The molecule has 1 aromatic rings. The Balaban J connectivity index is 2.51. The summed E-state index contributed by atoms with van der Waals surface area (Å²) < 4.78 is 6.90. The third-order valence-electron chi connectivity index (χ3n) is 2.73. The van der Waals surface area contributed by atoms with E-state index >= 15 is 0 Å². The maximum absolute atomic E-state index is 5.76. The van der Waals surface area contributed by atoms with Crippen LogP contribution in [0.15, 0.2) is 22.7 Å². The van der Waals surface area contributed by atoms with Crippen LogP contribution in [0.1, 0.15) is 45.6 Å². The molecule has 102 valence electrons. The first-order valence-electron chi connectivity index (χ1n) is 6.78. The average Bonchev–Trinajstić information content (AvgIpc) is 2.34. The van der Waals surface area contributed by atoms with Gasteiger partial charge in [0.05, 0.1) is 6.61 Å². The molecule has 0 aromatic heterocycles. The van der Waals surface area contributed by atoms with Crippen molar-refractivity contribution in [2.24, 2.45) is 0 Å². The van der Waals surface area contributed by atoms with Gasteiger partial charge < -0.3 is 10.1 Å². The molecule has 0 fully saturated rings. The minimum atomic E-state index is 0.492. The second kappa shape index (κ2) is 8.54. The van der Waals surface area contributed by atoms with Crippen LogP contribution < -0.4 is 10.1 Å². The molecule has 0 saturated heterocycles. The zero-order valence-electron chi connectivity index (χ0n) is 11.6. The second-order valence-corrected chi connectivity index (χ2v) is 5.70. The number of nitrogens with one attached hydrogen (secondary N) is 1. The van der Waals surface area contributed by atoms with Gasteiger partial charge >= 0.3 is 0 Å². The van der Waals surface area contributed by atoms with E-state index in [2.05, 4.69) is 54.2 Å². The third-order valence-corrected chi connectivity index (χ3v) is 3.51. The fourth-order valence-electron chi connectivity index (χ4n) is 1.63. The van der Waals surface area contributed by atoms with Gasteiger partial charge in [-0.3, -0.25) is 0 Å². The summed E-state index contributed by atoms with van der Waals surface area (Å²) in [6, 6.07) is 6.69. The van der Waals surface area contributed by atoms with E-state index in [1.807, 2.05) is 6.07 Å². The largest absolute Gasteiger partial charge is 0.494 e. The van der Waals surface area contributed by atoms with Crippen LogP contribution in [0, 0.1) is 0 Å². The van der Waals surface area contributed by atoms with E-state index in [1.54, 1.807) is 0 Å². The smallest absolute Gasteiger partial charge is 0.119 e. The number of benzene rings is 1. The molecule has 1 N–H and O–H groups in total. The monoisotopic (exact) mass is 313 g/mol. The van der Waals surface area contributed by atoms with Crippen LogP contribution in [0.25, 0.3) is 0 Å². The van der Waals surface area contributed by atoms with Crippen molar-refractivity contribution in [1.29, 1.82) is 0 Å². The van der Waals surface area contributed by atoms with Gasteiger partial charge in [0.2, 0.25) is 0 Å². The van der Waals surface area contributed by atoms with Crippen LogP contribution in [0.4, 0.5) is 0 Å². The van der Waals surface area contributed by atoms with Gasteiger partial charge in [-0.1, -0.05) is 49.5 Å². The van der Waals surface area contributed by atoms with E-state index in [4.69, 9.17) is 4.74 Å². The fraction of sp³-hybridized carbons (Fsp3) is 0.600. The Hall–Kier alpha value is -0.540. The summed E-state index contributed by atoms with van der Waals surface area (Å²) in [5, 5.41) is 3.42. The predicted molar refractivity (Wildman–Crippen MR) is 81.1 cm³/mol. The lowest BCUT2D eigenvalue weighted by Gasteiger charge is -2.12. The summed E-state index contributed by atoms with van der Waals surface area (Å²) in [6.45, 7) is 8.18. The van der Waals surface area contributed by atoms with Crippen molar-refractivity contribution >= 4 is 15.9 Å². The topological polar surface area (TPSA) is 21.3 Å². The molecule has 0 bridgehead atoms. The van der Waals surface area contributed by atoms with Crippen molar-refractivity contribution in [2.45, 2.75) is 52.6 Å². The van der Waals surface area contributed by atoms with E-state index < -0.39 is 0 Å². The number of hydrogen-bond donors (Lipinski definition) is 1. The second-order valence-electron chi connectivity index (χ2n) is 4.84. The normalized spacial score (nSPS) is 10.9. The Morgan fingerprint density at radius 3 is 2.72 bits per heavy atom. The zero-order chi connectivity index (χ0) is 13.4. The van der Waals surface area contributed by atoms with Crippen molar-refractivity contribution in [3.63, 3.8) is 0 Å². The molecule has 0 unspecified atom stereocenters. The molecule has 3 heteroatoms. The van der Waals surface area contributed by atoms with Crippen molar-refractivity contribution in [3.8, 4) is 5.75 Å². The van der Waals surface area contributed by atoms with Crippen LogP contribution in [0.5, 0.6) is 5.75 Å². The summed E-state index contributed by atoms with van der Waals surface area (Å²) in [7, 11) is 0. The number of halogens is 1. The van der Waals surface area contributed by atoms with Gasteiger partial charge in [-0.25, -0.2) is 0 Å². The standard InChI is InChI=1S/C15H24BrNO/c1-4-5-6-9-18-14-7-8-15(16)13(10-14)11-17-12(2)3/h7-8,10,12,17H,4-6,9,11H2,1-3H3. The van der Waals surface area contributed by atoms with E-state index in [-0.39, 0.29) is 0 Å². The van der Waals surface area contributed by atoms with Crippen molar-refractivity contribution < 1.29 is 4.74 Å². The molecule has 0 amide bonds. The van der Waals surface area contributed by atoms with Gasteiger partial charge in [-0.15, -0.1) is 0 Å². The van der Waals surface area contributed by atoms with Crippen molar-refractivity contribution in [1.82, 2.24) is 5.32 Å². The Kier molecular flexibility index (Phi) is 7.36. The minimum Gasteiger partial charge on any atom is -0.494 e. The molecule has 18 heavy (non-hydrogen) atoms. The lowest BCUT2D eigenvalue weighted by atomic mass is 10.2. The molecule has 0 saturated carbocycles. The molecular weight excluding hydrogens is 290 g/mol. The molecule has 0 aliphatic carbocycles. The molecule has 0 aliphatic heterocycles. The first-order chi connectivity index (χ1) is 8.63. The predicted octanol–water partition coefficient (Wildman–Crippen LogP) is 4.52. The van der Waals surface area contributed by atoms with Gasteiger partial charge in [0.15, 0.2) is 0 Å². The number of hydrogen-bond acceptors (Lipinski definition) is 2. The highest BCUT2D eigenvalue weighted by Crippen LogP contribution is 2.23. The molecule has 2 nitrogen and oxygen atoms in total. The highest BCUT2D eigenvalue weighted by atomic mass is 79.9. The average molecular weight is 314 g/mol. The Bertz CT molecular complexity index is 352. The molecule has 1 rings (SSSR count). The van der Waals surface area contributed by atoms with Gasteiger partial charge in [0, 0.05) is 17.1 Å². The maximum atomic E-state index is 5.76. The van der Waals surface area contributed by atoms with Gasteiger partial charge in [-0.05, 0) is 30.2 Å². The fourth-order valence-corrected chi connectivity index (χ4v) is 2.02. The minimum absolute atomic E-state index is 0.492. The van der Waals surface area contributed by atoms with E-state index in [0.717, 1.165) is 29.8 Å². The summed E-state index contributed by atoms with van der Waals surface area (Å²) >= 11 is 3.58. The SMILES string of the molecule is CCCCCOc1ccc(Br)c(CNC(C)C)c1. The lowest BCUT2D eigenvalue weighted by molar-refractivity contribution is 0.306. The number of unbranched alkanes of at least 4 members (excludes halogenated alkanes) is 2. The van der Waals surface area contributed by atoms with Crippen LogP contribution in [-0.2, 0) is 6.54 Å². The third kappa shape index (κ3) is 5.87.